The lowest BCUT2D eigenvalue weighted by molar-refractivity contribution is 0.774. The highest BCUT2D eigenvalue weighted by Gasteiger charge is 2.15. The molecular weight excluding hydrogens is 214 g/mol. The SMILES string of the molecule is CNc1ncnc(-n2cc(C)cn2)c1C(C)C. The van der Waals surface area contributed by atoms with Gasteiger partial charge in [0.1, 0.15) is 12.1 Å². The highest BCUT2D eigenvalue weighted by Crippen LogP contribution is 2.26. The summed E-state index contributed by atoms with van der Waals surface area (Å²) >= 11 is 0. The van der Waals surface area contributed by atoms with Gasteiger partial charge in [-0.1, -0.05) is 13.8 Å². The van der Waals surface area contributed by atoms with Crippen molar-refractivity contribution in [1.29, 1.82) is 0 Å². The Hall–Kier alpha value is -1.91. The Morgan fingerprint density at radius 2 is 2.06 bits per heavy atom. The average molecular weight is 231 g/mol. The van der Waals surface area contributed by atoms with Gasteiger partial charge in [0.25, 0.3) is 0 Å². The number of aryl methyl sites for hydroxylation is 1. The highest BCUT2D eigenvalue weighted by atomic mass is 15.3. The molecule has 2 rings (SSSR count). The lowest BCUT2D eigenvalue weighted by Crippen LogP contribution is -2.09. The maximum Gasteiger partial charge on any atom is 0.162 e. The van der Waals surface area contributed by atoms with E-state index in [0.29, 0.717) is 5.92 Å². The van der Waals surface area contributed by atoms with E-state index in [1.165, 1.54) is 0 Å². The van der Waals surface area contributed by atoms with E-state index in [9.17, 15) is 0 Å². The average Bonchev–Trinajstić information content (AvgIpc) is 2.74. The molecule has 5 heteroatoms. The van der Waals surface area contributed by atoms with Crippen molar-refractivity contribution in [2.45, 2.75) is 26.7 Å². The van der Waals surface area contributed by atoms with Crippen LogP contribution in [0.15, 0.2) is 18.7 Å². The van der Waals surface area contributed by atoms with Crippen LogP contribution in [0.1, 0.15) is 30.9 Å². The van der Waals surface area contributed by atoms with Crippen molar-refractivity contribution in [2.75, 3.05) is 12.4 Å². The summed E-state index contributed by atoms with van der Waals surface area (Å²) in [5, 5.41) is 7.40. The van der Waals surface area contributed by atoms with Crippen molar-refractivity contribution in [2.24, 2.45) is 0 Å². The van der Waals surface area contributed by atoms with Gasteiger partial charge in [-0.25, -0.2) is 14.6 Å². The first-order chi connectivity index (χ1) is 8.13. The maximum absolute atomic E-state index is 4.34. The van der Waals surface area contributed by atoms with Crippen LogP contribution >= 0.6 is 0 Å². The number of rotatable bonds is 3. The van der Waals surface area contributed by atoms with E-state index >= 15 is 0 Å². The van der Waals surface area contributed by atoms with E-state index in [4.69, 9.17) is 0 Å². The maximum atomic E-state index is 4.34. The van der Waals surface area contributed by atoms with Gasteiger partial charge >= 0.3 is 0 Å². The van der Waals surface area contributed by atoms with Gasteiger partial charge in [0.2, 0.25) is 0 Å². The van der Waals surface area contributed by atoms with Crippen LogP contribution in [0.25, 0.3) is 5.82 Å². The Balaban J connectivity index is 2.60. The lowest BCUT2D eigenvalue weighted by atomic mass is 10.0. The third kappa shape index (κ3) is 2.13. The van der Waals surface area contributed by atoms with Crippen molar-refractivity contribution in [3.63, 3.8) is 0 Å². The molecule has 17 heavy (non-hydrogen) atoms. The molecule has 0 aromatic carbocycles. The predicted molar refractivity (Wildman–Crippen MR) is 67.5 cm³/mol. The van der Waals surface area contributed by atoms with Crippen molar-refractivity contribution in [3.8, 4) is 5.82 Å². The van der Waals surface area contributed by atoms with Gasteiger partial charge < -0.3 is 5.32 Å². The molecular formula is C12H17N5. The summed E-state index contributed by atoms with van der Waals surface area (Å²) in [6.07, 6.45) is 5.35. The summed E-state index contributed by atoms with van der Waals surface area (Å²) in [4.78, 5) is 8.59. The monoisotopic (exact) mass is 231 g/mol. The van der Waals surface area contributed by atoms with Gasteiger partial charge in [0.05, 0.1) is 6.20 Å². The van der Waals surface area contributed by atoms with Crippen LogP contribution in [0, 0.1) is 6.92 Å². The minimum absolute atomic E-state index is 0.332. The van der Waals surface area contributed by atoms with Gasteiger partial charge in [-0.05, 0) is 18.4 Å². The Bertz CT molecular complexity index is 515. The molecule has 0 aliphatic heterocycles. The minimum Gasteiger partial charge on any atom is -0.373 e. The molecule has 2 heterocycles. The van der Waals surface area contributed by atoms with E-state index in [1.54, 1.807) is 11.0 Å². The zero-order chi connectivity index (χ0) is 12.4. The van der Waals surface area contributed by atoms with Crippen LogP contribution in [-0.2, 0) is 0 Å². The van der Waals surface area contributed by atoms with E-state index < -0.39 is 0 Å². The molecule has 0 aliphatic rings. The molecule has 0 fully saturated rings. The van der Waals surface area contributed by atoms with Crippen molar-refractivity contribution in [3.05, 3.63) is 29.8 Å². The molecule has 5 nitrogen and oxygen atoms in total. The summed E-state index contributed by atoms with van der Waals surface area (Å²) < 4.78 is 1.80. The normalized spacial score (nSPS) is 10.9. The van der Waals surface area contributed by atoms with Crippen LogP contribution in [0.2, 0.25) is 0 Å². The Morgan fingerprint density at radius 3 is 2.59 bits per heavy atom. The van der Waals surface area contributed by atoms with Crippen molar-refractivity contribution >= 4 is 5.82 Å². The fourth-order valence-corrected chi connectivity index (χ4v) is 1.83. The van der Waals surface area contributed by atoms with Gasteiger partial charge in [-0.2, -0.15) is 5.10 Å². The molecule has 0 saturated heterocycles. The first-order valence-electron chi connectivity index (χ1n) is 5.67. The van der Waals surface area contributed by atoms with Crippen molar-refractivity contribution in [1.82, 2.24) is 19.7 Å². The van der Waals surface area contributed by atoms with Gasteiger partial charge in [-0.3, -0.25) is 0 Å². The molecule has 0 atom stereocenters. The number of hydrogen-bond donors (Lipinski definition) is 1. The number of nitrogens with zero attached hydrogens (tertiary/aromatic N) is 4. The number of anilines is 1. The summed E-state index contributed by atoms with van der Waals surface area (Å²) in [5.41, 5.74) is 2.20. The first kappa shape index (κ1) is 11.6. The molecule has 1 N–H and O–H groups in total. The molecule has 0 amide bonds. The van der Waals surface area contributed by atoms with Crippen LogP contribution in [0.5, 0.6) is 0 Å². The Labute approximate surface area is 101 Å². The molecule has 0 aliphatic carbocycles. The largest absolute Gasteiger partial charge is 0.373 e. The topological polar surface area (TPSA) is 55.6 Å². The standard InChI is InChI=1S/C12H17N5/c1-8(2)10-11(13-4)14-7-15-12(10)17-6-9(3)5-16-17/h5-8H,1-4H3,(H,13,14,15). The van der Waals surface area contributed by atoms with Crippen LogP contribution in [0.3, 0.4) is 0 Å². The second kappa shape index (κ2) is 4.53. The van der Waals surface area contributed by atoms with Crippen LogP contribution in [0.4, 0.5) is 5.82 Å². The molecule has 0 bridgehead atoms. The second-order valence-electron chi connectivity index (χ2n) is 4.33. The molecule has 2 aromatic heterocycles. The summed E-state index contributed by atoms with van der Waals surface area (Å²) in [5.74, 6) is 2.03. The second-order valence-corrected chi connectivity index (χ2v) is 4.33. The van der Waals surface area contributed by atoms with Gasteiger partial charge in [0.15, 0.2) is 5.82 Å². The van der Waals surface area contributed by atoms with Crippen LogP contribution in [-0.4, -0.2) is 26.8 Å². The van der Waals surface area contributed by atoms with E-state index in [-0.39, 0.29) is 0 Å². The molecule has 2 aromatic rings. The quantitative estimate of drug-likeness (QED) is 0.879. The number of nitrogens with one attached hydrogen (secondary N) is 1. The van der Waals surface area contributed by atoms with Crippen LogP contribution < -0.4 is 5.32 Å². The van der Waals surface area contributed by atoms with Gasteiger partial charge in [-0.15, -0.1) is 0 Å². The van der Waals surface area contributed by atoms with Crippen molar-refractivity contribution < 1.29 is 0 Å². The summed E-state index contributed by atoms with van der Waals surface area (Å²) in [7, 11) is 1.87. The molecule has 90 valence electrons. The number of aromatic nitrogens is 4. The summed E-state index contributed by atoms with van der Waals surface area (Å²) in [6, 6.07) is 0. The molecule has 0 unspecified atom stereocenters. The minimum atomic E-state index is 0.332. The van der Waals surface area contributed by atoms with E-state index in [1.807, 2.05) is 26.4 Å². The zero-order valence-corrected chi connectivity index (χ0v) is 10.6. The fourth-order valence-electron chi connectivity index (χ4n) is 1.83. The fraction of sp³-hybridized carbons (Fsp3) is 0.417. The van der Waals surface area contributed by atoms with Gasteiger partial charge in [0, 0.05) is 18.8 Å². The zero-order valence-electron chi connectivity index (χ0n) is 10.6. The Morgan fingerprint density at radius 1 is 1.29 bits per heavy atom. The van der Waals surface area contributed by atoms with E-state index in [2.05, 4.69) is 34.2 Å². The highest BCUT2D eigenvalue weighted by molar-refractivity contribution is 5.53. The lowest BCUT2D eigenvalue weighted by Gasteiger charge is -2.15. The predicted octanol–water partition coefficient (Wildman–Crippen LogP) is 2.14. The smallest absolute Gasteiger partial charge is 0.162 e. The number of hydrogen-bond acceptors (Lipinski definition) is 4. The first-order valence-corrected chi connectivity index (χ1v) is 5.67. The molecule has 0 saturated carbocycles. The Kier molecular flexibility index (Phi) is 3.08. The third-order valence-corrected chi connectivity index (χ3v) is 2.61. The molecule has 0 spiro atoms. The van der Waals surface area contributed by atoms with E-state index in [0.717, 1.165) is 22.8 Å². The third-order valence-electron chi connectivity index (χ3n) is 2.61. The summed E-state index contributed by atoms with van der Waals surface area (Å²) in [6.45, 7) is 6.26. The molecule has 0 radical (unpaired) electrons.